The molecule has 1 aromatic heterocycles. The van der Waals surface area contributed by atoms with E-state index < -0.39 is 14.3 Å². The highest BCUT2D eigenvalue weighted by Crippen LogP contribution is 2.27. The van der Waals surface area contributed by atoms with Crippen LogP contribution in [-0.2, 0) is 9.84 Å². The highest BCUT2D eigenvalue weighted by atomic mass is 35.5. The van der Waals surface area contributed by atoms with E-state index >= 15 is 0 Å². The van der Waals surface area contributed by atoms with Crippen LogP contribution in [0.1, 0.15) is 5.56 Å². The van der Waals surface area contributed by atoms with Gasteiger partial charge in [0.1, 0.15) is 4.91 Å². The maximum Gasteiger partial charge on any atom is 0.237 e. The molecule has 0 saturated heterocycles. The van der Waals surface area contributed by atoms with Gasteiger partial charge in [-0.25, -0.2) is 13.4 Å². The number of nitrogens with zero attached hydrogens (tertiary/aromatic N) is 2. The Labute approximate surface area is 85.9 Å². The first kappa shape index (κ1) is 9.36. The second-order valence-electron chi connectivity index (χ2n) is 2.62. The molecule has 0 atom stereocenters. The number of aliphatic imine (C=N–C) groups is 1. The van der Waals surface area contributed by atoms with Crippen molar-refractivity contribution in [1.82, 2.24) is 4.98 Å². The fourth-order valence-corrected chi connectivity index (χ4v) is 2.37. The van der Waals surface area contributed by atoms with E-state index in [0.29, 0.717) is 5.56 Å². The lowest BCUT2D eigenvalue weighted by atomic mass is 10.3. The van der Waals surface area contributed by atoms with Gasteiger partial charge in [-0.2, -0.15) is 0 Å². The molecular formula is C8H5ClN2O2S. The van der Waals surface area contributed by atoms with Crippen molar-refractivity contribution < 1.29 is 8.42 Å². The Morgan fingerprint density at radius 2 is 2.14 bits per heavy atom. The zero-order valence-electron chi connectivity index (χ0n) is 6.88. The van der Waals surface area contributed by atoms with Crippen molar-refractivity contribution in [2.45, 2.75) is 0 Å². The number of hydrogen-bond donors (Lipinski definition) is 0. The summed E-state index contributed by atoms with van der Waals surface area (Å²) in [6.07, 6.45) is 4.25. The normalized spacial score (nSPS) is 18.9. The quantitative estimate of drug-likeness (QED) is 0.730. The van der Waals surface area contributed by atoms with Gasteiger partial charge < -0.3 is 0 Å². The second-order valence-corrected chi connectivity index (χ2v) is 5.04. The summed E-state index contributed by atoms with van der Waals surface area (Å²) >= 11 is 5.44. The smallest absolute Gasteiger partial charge is 0.237 e. The standard InChI is InChI=1S/C8H5ClN2O2S/c9-8-11-5-7(14(8,12)13)6-2-1-3-10-4-6/h1-5H. The van der Waals surface area contributed by atoms with Gasteiger partial charge in [-0.1, -0.05) is 6.07 Å². The molecule has 0 radical (unpaired) electrons. The first-order chi connectivity index (χ1) is 6.62. The summed E-state index contributed by atoms with van der Waals surface area (Å²) in [4.78, 5) is 7.46. The number of halogens is 1. The predicted molar refractivity (Wildman–Crippen MR) is 54.4 cm³/mol. The summed E-state index contributed by atoms with van der Waals surface area (Å²) in [5.74, 6) is 0. The molecule has 0 N–H and O–H groups in total. The molecule has 0 aromatic carbocycles. The zero-order valence-corrected chi connectivity index (χ0v) is 8.46. The van der Waals surface area contributed by atoms with Gasteiger partial charge >= 0.3 is 0 Å². The molecule has 1 aliphatic rings. The minimum Gasteiger partial charge on any atom is -0.264 e. The lowest BCUT2D eigenvalue weighted by molar-refractivity contribution is 0.617. The average molecular weight is 229 g/mol. The van der Waals surface area contributed by atoms with Crippen molar-refractivity contribution in [1.29, 1.82) is 0 Å². The molecule has 0 spiro atoms. The molecule has 0 saturated carbocycles. The van der Waals surface area contributed by atoms with Gasteiger partial charge in [0.05, 0.1) is 0 Å². The third kappa shape index (κ3) is 1.34. The van der Waals surface area contributed by atoms with E-state index in [1.165, 1.54) is 12.4 Å². The van der Waals surface area contributed by atoms with Gasteiger partial charge in [0, 0.05) is 24.2 Å². The summed E-state index contributed by atoms with van der Waals surface area (Å²) in [7, 11) is -3.58. The fraction of sp³-hybridized carbons (Fsp3) is 0. The Hall–Kier alpha value is -1.20. The molecule has 2 heterocycles. The summed E-state index contributed by atoms with van der Waals surface area (Å²) < 4.78 is 22.7. The van der Waals surface area contributed by atoms with E-state index in [9.17, 15) is 8.42 Å². The van der Waals surface area contributed by atoms with Crippen LogP contribution in [0.5, 0.6) is 0 Å². The van der Waals surface area contributed by atoms with Crippen molar-refractivity contribution in [2.75, 3.05) is 0 Å². The third-order valence-corrected chi connectivity index (χ3v) is 3.92. The number of pyridine rings is 1. The molecule has 2 rings (SSSR count). The Bertz CT molecular complexity index is 520. The van der Waals surface area contributed by atoms with Crippen LogP contribution in [0.3, 0.4) is 0 Å². The molecule has 1 aliphatic heterocycles. The number of sulfone groups is 1. The van der Waals surface area contributed by atoms with E-state index in [1.807, 2.05) is 0 Å². The van der Waals surface area contributed by atoms with E-state index in [0.717, 1.165) is 0 Å². The molecule has 14 heavy (non-hydrogen) atoms. The molecule has 6 heteroatoms. The maximum atomic E-state index is 11.5. The van der Waals surface area contributed by atoms with Crippen molar-refractivity contribution in [3.8, 4) is 0 Å². The van der Waals surface area contributed by atoms with Crippen LogP contribution in [0.15, 0.2) is 35.7 Å². The van der Waals surface area contributed by atoms with Crippen LogP contribution in [-0.4, -0.2) is 17.9 Å². The zero-order chi connectivity index (χ0) is 10.2. The Balaban J connectivity index is 2.53. The highest BCUT2D eigenvalue weighted by molar-refractivity contribution is 8.17. The maximum absolute atomic E-state index is 11.5. The molecule has 0 amide bonds. The van der Waals surface area contributed by atoms with Crippen molar-refractivity contribution in [3.05, 3.63) is 36.3 Å². The molecule has 0 fully saturated rings. The molecule has 4 nitrogen and oxygen atoms in total. The first-order valence-electron chi connectivity index (χ1n) is 3.71. The summed E-state index contributed by atoms with van der Waals surface area (Å²) in [6.45, 7) is 0. The molecule has 1 aromatic rings. The van der Waals surface area contributed by atoms with Crippen LogP contribution in [0.2, 0.25) is 0 Å². The third-order valence-electron chi connectivity index (χ3n) is 1.74. The van der Waals surface area contributed by atoms with E-state index in [1.54, 1.807) is 18.3 Å². The van der Waals surface area contributed by atoms with Crippen LogP contribution < -0.4 is 0 Å². The minimum absolute atomic E-state index is 0.0931. The van der Waals surface area contributed by atoms with Crippen molar-refractivity contribution in [2.24, 2.45) is 4.99 Å². The average Bonchev–Trinajstić information content (AvgIpc) is 2.44. The SMILES string of the molecule is O=S1(=O)C(c2cccnc2)=CN=C1Cl. The van der Waals surface area contributed by atoms with Gasteiger partial charge in [-0.3, -0.25) is 4.98 Å². The first-order valence-corrected chi connectivity index (χ1v) is 5.57. The monoisotopic (exact) mass is 228 g/mol. The Morgan fingerprint density at radius 3 is 2.64 bits per heavy atom. The van der Waals surface area contributed by atoms with Crippen LogP contribution >= 0.6 is 11.6 Å². The molecule has 0 unspecified atom stereocenters. The largest absolute Gasteiger partial charge is 0.264 e. The van der Waals surface area contributed by atoms with E-state index in [-0.39, 0.29) is 4.91 Å². The van der Waals surface area contributed by atoms with Crippen molar-refractivity contribution >= 4 is 30.8 Å². The fourth-order valence-electron chi connectivity index (χ4n) is 1.08. The predicted octanol–water partition coefficient (Wildman–Crippen LogP) is 1.40. The van der Waals surface area contributed by atoms with Crippen LogP contribution in [0.4, 0.5) is 0 Å². The molecule has 0 aliphatic carbocycles. The lowest BCUT2D eigenvalue weighted by Crippen LogP contribution is -2.06. The number of hydrogen-bond acceptors (Lipinski definition) is 4. The Morgan fingerprint density at radius 1 is 1.36 bits per heavy atom. The summed E-state index contributed by atoms with van der Waals surface area (Å²) in [5.41, 5.74) is 0.493. The van der Waals surface area contributed by atoms with Gasteiger partial charge in [-0.05, 0) is 17.7 Å². The van der Waals surface area contributed by atoms with Gasteiger partial charge in [0.2, 0.25) is 14.3 Å². The number of rotatable bonds is 1. The summed E-state index contributed by atoms with van der Waals surface area (Å²) in [5, 5.41) is 0. The topological polar surface area (TPSA) is 59.4 Å². The van der Waals surface area contributed by atoms with Gasteiger partial charge in [0.25, 0.3) is 0 Å². The van der Waals surface area contributed by atoms with Gasteiger partial charge in [0.15, 0.2) is 0 Å². The Kier molecular flexibility index (Phi) is 2.13. The lowest BCUT2D eigenvalue weighted by Gasteiger charge is -2.00. The van der Waals surface area contributed by atoms with Crippen molar-refractivity contribution in [3.63, 3.8) is 0 Å². The van der Waals surface area contributed by atoms with Gasteiger partial charge in [-0.15, -0.1) is 0 Å². The number of aromatic nitrogens is 1. The highest BCUT2D eigenvalue weighted by Gasteiger charge is 2.29. The molecule has 0 bridgehead atoms. The van der Waals surface area contributed by atoms with Crippen LogP contribution in [0.25, 0.3) is 4.91 Å². The summed E-state index contributed by atoms with van der Waals surface area (Å²) in [6, 6.07) is 3.29. The van der Waals surface area contributed by atoms with E-state index in [4.69, 9.17) is 11.6 Å². The van der Waals surface area contributed by atoms with Crippen LogP contribution in [0, 0.1) is 0 Å². The molecule has 72 valence electrons. The second kappa shape index (κ2) is 3.18. The van der Waals surface area contributed by atoms with E-state index in [2.05, 4.69) is 9.98 Å². The minimum atomic E-state index is -3.58. The molecular weight excluding hydrogens is 224 g/mol.